The summed E-state index contributed by atoms with van der Waals surface area (Å²) in [6.45, 7) is 10.3. The highest BCUT2D eigenvalue weighted by Crippen LogP contribution is 2.33. The summed E-state index contributed by atoms with van der Waals surface area (Å²) in [5.41, 5.74) is 1.31. The van der Waals surface area contributed by atoms with Gasteiger partial charge in [0.2, 0.25) is 0 Å². The van der Waals surface area contributed by atoms with Crippen molar-refractivity contribution >= 4 is 6.09 Å². The molecule has 26 heavy (non-hydrogen) atoms. The van der Waals surface area contributed by atoms with Crippen molar-refractivity contribution in [3.63, 3.8) is 0 Å². The zero-order valence-corrected chi connectivity index (χ0v) is 16.6. The second kappa shape index (κ2) is 8.43. The number of carbonyl (C=O) groups excluding carboxylic acids is 1. The minimum Gasteiger partial charge on any atom is -0.445 e. The molecule has 144 valence electrons. The van der Waals surface area contributed by atoms with Gasteiger partial charge in [-0.1, -0.05) is 30.3 Å². The molecule has 1 amide bonds. The van der Waals surface area contributed by atoms with Crippen LogP contribution in [0.2, 0.25) is 0 Å². The Balaban J connectivity index is 1.42. The Labute approximate surface area is 158 Å². The van der Waals surface area contributed by atoms with Crippen molar-refractivity contribution in [3.05, 3.63) is 35.9 Å². The maximum absolute atomic E-state index is 12.3. The first-order chi connectivity index (χ1) is 12.4. The van der Waals surface area contributed by atoms with Crippen molar-refractivity contribution in [2.45, 2.75) is 71.1 Å². The fourth-order valence-electron chi connectivity index (χ4n) is 4.51. The van der Waals surface area contributed by atoms with Gasteiger partial charge < -0.3 is 9.64 Å². The van der Waals surface area contributed by atoms with Crippen molar-refractivity contribution in [3.8, 4) is 0 Å². The molecule has 0 spiro atoms. The van der Waals surface area contributed by atoms with Crippen molar-refractivity contribution in [2.24, 2.45) is 5.92 Å². The molecule has 2 heterocycles. The van der Waals surface area contributed by atoms with Crippen LogP contribution < -0.4 is 0 Å². The Hall–Kier alpha value is -1.55. The van der Waals surface area contributed by atoms with Gasteiger partial charge in [-0.15, -0.1) is 0 Å². The zero-order valence-electron chi connectivity index (χ0n) is 16.6. The van der Waals surface area contributed by atoms with E-state index in [9.17, 15) is 4.79 Å². The Kier molecular flexibility index (Phi) is 6.23. The first-order valence-electron chi connectivity index (χ1n) is 10.2. The zero-order chi connectivity index (χ0) is 18.6. The summed E-state index contributed by atoms with van der Waals surface area (Å²) in [6.07, 6.45) is 5.99. The lowest BCUT2D eigenvalue weighted by Crippen LogP contribution is -2.46. The molecule has 4 heteroatoms. The predicted octanol–water partition coefficient (Wildman–Crippen LogP) is 4.69. The van der Waals surface area contributed by atoms with Gasteiger partial charge in [-0.3, -0.25) is 4.90 Å². The molecule has 0 radical (unpaired) electrons. The molecular weight excluding hydrogens is 324 g/mol. The Morgan fingerprint density at radius 1 is 1.08 bits per heavy atom. The SMILES string of the molecule is CC(C)(C)N1CCCC1CC1CCN(C(=O)OCc2ccccc2)CC1. The molecule has 2 aliphatic rings. The lowest BCUT2D eigenvalue weighted by atomic mass is 9.88. The third kappa shape index (κ3) is 5.00. The van der Waals surface area contributed by atoms with E-state index >= 15 is 0 Å². The number of hydrogen-bond donors (Lipinski definition) is 0. The number of rotatable bonds is 4. The van der Waals surface area contributed by atoms with Gasteiger partial charge in [0.25, 0.3) is 0 Å². The molecule has 0 aliphatic carbocycles. The summed E-state index contributed by atoms with van der Waals surface area (Å²) >= 11 is 0. The van der Waals surface area contributed by atoms with E-state index in [2.05, 4.69) is 25.7 Å². The van der Waals surface area contributed by atoms with E-state index in [1.807, 2.05) is 35.2 Å². The van der Waals surface area contributed by atoms with E-state index in [0.29, 0.717) is 6.61 Å². The van der Waals surface area contributed by atoms with E-state index in [0.717, 1.165) is 43.5 Å². The van der Waals surface area contributed by atoms with E-state index < -0.39 is 0 Å². The highest BCUT2D eigenvalue weighted by molar-refractivity contribution is 5.67. The fourth-order valence-corrected chi connectivity index (χ4v) is 4.51. The molecule has 0 saturated carbocycles. The van der Waals surface area contributed by atoms with Crippen LogP contribution in [0.4, 0.5) is 4.79 Å². The number of piperidine rings is 1. The normalized spacial score (nSPS) is 22.6. The quantitative estimate of drug-likeness (QED) is 0.783. The van der Waals surface area contributed by atoms with Gasteiger partial charge in [0.15, 0.2) is 0 Å². The first kappa shape index (κ1) is 19.2. The van der Waals surface area contributed by atoms with Gasteiger partial charge in [-0.05, 0) is 70.9 Å². The lowest BCUT2D eigenvalue weighted by Gasteiger charge is -2.40. The predicted molar refractivity (Wildman–Crippen MR) is 105 cm³/mol. The number of nitrogens with zero attached hydrogens (tertiary/aromatic N) is 2. The minimum absolute atomic E-state index is 0.163. The maximum Gasteiger partial charge on any atom is 0.410 e. The second-order valence-corrected chi connectivity index (χ2v) is 8.87. The van der Waals surface area contributed by atoms with Gasteiger partial charge >= 0.3 is 6.09 Å². The van der Waals surface area contributed by atoms with Crippen LogP contribution in [0.15, 0.2) is 30.3 Å². The summed E-state index contributed by atoms with van der Waals surface area (Å²) in [7, 11) is 0. The van der Waals surface area contributed by atoms with Gasteiger partial charge in [-0.2, -0.15) is 0 Å². The molecule has 1 unspecified atom stereocenters. The molecule has 2 aliphatic heterocycles. The van der Waals surface area contributed by atoms with Crippen LogP contribution in [0, 0.1) is 5.92 Å². The van der Waals surface area contributed by atoms with E-state index in [1.54, 1.807) is 0 Å². The number of amides is 1. The van der Waals surface area contributed by atoms with Crippen LogP contribution in [-0.2, 0) is 11.3 Å². The molecule has 3 rings (SSSR count). The topological polar surface area (TPSA) is 32.8 Å². The monoisotopic (exact) mass is 358 g/mol. The largest absolute Gasteiger partial charge is 0.445 e. The summed E-state index contributed by atoms with van der Waals surface area (Å²) < 4.78 is 5.48. The fraction of sp³-hybridized carbons (Fsp3) is 0.682. The van der Waals surface area contributed by atoms with Gasteiger partial charge in [0, 0.05) is 24.7 Å². The Bertz CT molecular complexity index is 574. The summed E-state index contributed by atoms with van der Waals surface area (Å²) in [5, 5.41) is 0. The Morgan fingerprint density at radius 2 is 1.77 bits per heavy atom. The van der Waals surface area contributed by atoms with E-state index in [4.69, 9.17) is 4.74 Å². The van der Waals surface area contributed by atoms with Crippen LogP contribution >= 0.6 is 0 Å². The van der Waals surface area contributed by atoms with Crippen molar-refractivity contribution < 1.29 is 9.53 Å². The molecule has 0 bridgehead atoms. The highest BCUT2D eigenvalue weighted by Gasteiger charge is 2.35. The molecule has 4 nitrogen and oxygen atoms in total. The summed E-state index contributed by atoms with van der Waals surface area (Å²) in [4.78, 5) is 16.9. The van der Waals surface area contributed by atoms with Crippen molar-refractivity contribution in [1.29, 1.82) is 0 Å². The molecule has 1 atom stereocenters. The molecule has 1 aromatic carbocycles. The summed E-state index contributed by atoms with van der Waals surface area (Å²) in [5.74, 6) is 0.737. The first-order valence-corrected chi connectivity index (χ1v) is 10.2. The number of hydrogen-bond acceptors (Lipinski definition) is 3. The van der Waals surface area contributed by atoms with E-state index in [-0.39, 0.29) is 11.6 Å². The van der Waals surface area contributed by atoms with Crippen LogP contribution in [0.1, 0.15) is 58.4 Å². The molecule has 0 aromatic heterocycles. The molecule has 2 fully saturated rings. The molecular formula is C22H34N2O2. The number of carbonyl (C=O) groups is 1. The third-order valence-electron chi connectivity index (χ3n) is 5.92. The number of benzene rings is 1. The van der Waals surface area contributed by atoms with Crippen LogP contribution in [0.25, 0.3) is 0 Å². The van der Waals surface area contributed by atoms with Gasteiger partial charge in [-0.25, -0.2) is 4.79 Å². The Morgan fingerprint density at radius 3 is 2.42 bits per heavy atom. The number of ether oxygens (including phenoxy) is 1. The van der Waals surface area contributed by atoms with E-state index in [1.165, 1.54) is 25.8 Å². The smallest absolute Gasteiger partial charge is 0.410 e. The van der Waals surface area contributed by atoms with Crippen molar-refractivity contribution in [2.75, 3.05) is 19.6 Å². The van der Waals surface area contributed by atoms with Crippen LogP contribution in [0.5, 0.6) is 0 Å². The average molecular weight is 359 g/mol. The molecule has 1 aromatic rings. The third-order valence-corrected chi connectivity index (χ3v) is 5.92. The van der Waals surface area contributed by atoms with Gasteiger partial charge in [0.1, 0.15) is 6.61 Å². The number of likely N-dealkylation sites (tertiary alicyclic amines) is 2. The molecule has 0 N–H and O–H groups in total. The minimum atomic E-state index is -0.163. The second-order valence-electron chi connectivity index (χ2n) is 8.87. The summed E-state index contributed by atoms with van der Waals surface area (Å²) in [6, 6.07) is 10.6. The maximum atomic E-state index is 12.3. The highest BCUT2D eigenvalue weighted by atomic mass is 16.6. The van der Waals surface area contributed by atoms with Crippen molar-refractivity contribution in [1.82, 2.24) is 9.80 Å². The lowest BCUT2D eigenvalue weighted by molar-refractivity contribution is 0.0700. The van der Waals surface area contributed by atoms with Crippen LogP contribution in [0.3, 0.4) is 0 Å². The van der Waals surface area contributed by atoms with Crippen LogP contribution in [-0.4, -0.2) is 47.1 Å². The molecule has 2 saturated heterocycles. The standard InChI is InChI=1S/C22H34N2O2/c1-22(2,3)24-13-7-10-20(24)16-18-11-14-23(15-12-18)21(25)26-17-19-8-5-4-6-9-19/h4-6,8-9,18,20H,7,10-17H2,1-3H3. The van der Waals surface area contributed by atoms with Gasteiger partial charge in [0.05, 0.1) is 0 Å². The average Bonchev–Trinajstić information content (AvgIpc) is 3.10.